The van der Waals surface area contributed by atoms with Gasteiger partial charge in [0.25, 0.3) is 10.0 Å². The van der Waals surface area contributed by atoms with Gasteiger partial charge in [-0.15, -0.1) is 0 Å². The molecule has 0 saturated heterocycles. The molecule has 4 rings (SSSR count). The number of anilines is 1. The highest BCUT2D eigenvalue weighted by atomic mass is 35.5. The van der Waals surface area contributed by atoms with Gasteiger partial charge in [-0.05, 0) is 80.8 Å². The molecule has 3 aromatic carbocycles. The van der Waals surface area contributed by atoms with Crippen LogP contribution in [0, 0.1) is 5.82 Å². The van der Waals surface area contributed by atoms with Gasteiger partial charge in [0.2, 0.25) is 11.8 Å². The number of nitrogens with zero attached hydrogens (tertiary/aromatic N) is 2. The molecule has 2 amide bonds. The molecule has 1 aliphatic rings. The van der Waals surface area contributed by atoms with Gasteiger partial charge in [0.15, 0.2) is 0 Å². The van der Waals surface area contributed by atoms with Crippen LogP contribution in [0.2, 0.25) is 5.02 Å². The summed E-state index contributed by atoms with van der Waals surface area (Å²) in [7, 11) is -4.29. The molecular weight excluding hydrogens is 593 g/mol. The fourth-order valence-corrected chi connectivity index (χ4v) is 6.68. The van der Waals surface area contributed by atoms with Gasteiger partial charge < -0.3 is 15.0 Å². The number of sulfonamides is 1. The molecule has 0 bridgehead atoms. The maximum atomic E-state index is 14.1. The van der Waals surface area contributed by atoms with Crippen molar-refractivity contribution in [3.8, 4) is 5.75 Å². The fraction of sp³-hybridized carbons (Fsp3) is 0.375. The zero-order valence-corrected chi connectivity index (χ0v) is 25.9. The number of amides is 2. The zero-order valence-electron chi connectivity index (χ0n) is 24.3. The number of benzene rings is 3. The Morgan fingerprint density at radius 3 is 2.30 bits per heavy atom. The SMILES string of the molecule is CCOc1ccccc1N(CC(=O)N(Cc1ccc(F)cc1)C(C)C(=O)NC1CCCCC1)S(=O)(=O)c1ccc(Cl)cc1. The maximum Gasteiger partial charge on any atom is 0.264 e. The Morgan fingerprint density at radius 2 is 1.65 bits per heavy atom. The number of ether oxygens (including phenoxy) is 1. The van der Waals surface area contributed by atoms with E-state index in [1.165, 1.54) is 53.4 Å². The first-order valence-electron chi connectivity index (χ1n) is 14.4. The largest absolute Gasteiger partial charge is 0.492 e. The lowest BCUT2D eigenvalue weighted by Crippen LogP contribution is -2.53. The quantitative estimate of drug-likeness (QED) is 0.268. The van der Waals surface area contributed by atoms with Crippen LogP contribution < -0.4 is 14.4 Å². The number of hydrogen-bond donors (Lipinski definition) is 1. The summed E-state index contributed by atoms with van der Waals surface area (Å²) < 4.78 is 48.5. The van der Waals surface area contributed by atoms with Crippen LogP contribution >= 0.6 is 11.6 Å². The van der Waals surface area contributed by atoms with Crippen molar-refractivity contribution in [1.82, 2.24) is 10.2 Å². The van der Waals surface area contributed by atoms with Crippen molar-refractivity contribution in [2.45, 2.75) is 69.5 Å². The van der Waals surface area contributed by atoms with Crippen molar-refractivity contribution in [1.29, 1.82) is 0 Å². The molecule has 0 radical (unpaired) electrons. The molecule has 1 N–H and O–H groups in total. The summed E-state index contributed by atoms with van der Waals surface area (Å²) >= 11 is 6.02. The fourth-order valence-electron chi connectivity index (χ4n) is 5.13. The number of carbonyl (C=O) groups is 2. The molecule has 0 heterocycles. The molecule has 230 valence electrons. The van der Waals surface area contributed by atoms with Gasteiger partial charge in [0.1, 0.15) is 24.2 Å². The molecular formula is C32H37ClFN3O5S. The van der Waals surface area contributed by atoms with E-state index in [0.29, 0.717) is 10.6 Å². The van der Waals surface area contributed by atoms with Gasteiger partial charge in [0.05, 0.1) is 17.2 Å². The monoisotopic (exact) mass is 629 g/mol. The molecule has 11 heteroatoms. The van der Waals surface area contributed by atoms with Crippen LogP contribution in [0.4, 0.5) is 10.1 Å². The topological polar surface area (TPSA) is 96.0 Å². The van der Waals surface area contributed by atoms with E-state index in [1.54, 1.807) is 38.1 Å². The van der Waals surface area contributed by atoms with Crippen LogP contribution in [0.3, 0.4) is 0 Å². The first kappa shape index (κ1) is 32.3. The molecule has 1 saturated carbocycles. The highest BCUT2D eigenvalue weighted by Gasteiger charge is 2.34. The van der Waals surface area contributed by atoms with E-state index in [4.69, 9.17) is 16.3 Å². The second-order valence-corrected chi connectivity index (χ2v) is 12.8. The van der Waals surface area contributed by atoms with Gasteiger partial charge in [-0.3, -0.25) is 13.9 Å². The summed E-state index contributed by atoms with van der Waals surface area (Å²) in [6, 6.07) is 16.9. The van der Waals surface area contributed by atoms with Crippen molar-refractivity contribution in [2.24, 2.45) is 0 Å². The molecule has 43 heavy (non-hydrogen) atoms. The number of rotatable bonds is 12. The van der Waals surface area contributed by atoms with Gasteiger partial charge in [-0.25, -0.2) is 12.8 Å². The molecule has 0 aliphatic heterocycles. The minimum Gasteiger partial charge on any atom is -0.492 e. The van der Waals surface area contributed by atoms with E-state index >= 15 is 0 Å². The van der Waals surface area contributed by atoms with Crippen LogP contribution in [0.15, 0.2) is 77.7 Å². The summed E-state index contributed by atoms with van der Waals surface area (Å²) in [6.07, 6.45) is 4.90. The first-order valence-corrected chi connectivity index (χ1v) is 16.3. The lowest BCUT2D eigenvalue weighted by molar-refractivity contribution is -0.139. The molecule has 0 aromatic heterocycles. The molecule has 1 atom stereocenters. The van der Waals surface area contributed by atoms with Crippen LogP contribution in [0.5, 0.6) is 5.75 Å². The average Bonchev–Trinajstić information content (AvgIpc) is 3.00. The number of nitrogens with one attached hydrogen (secondary N) is 1. The number of carbonyl (C=O) groups excluding carboxylic acids is 2. The Hall–Kier alpha value is -3.63. The van der Waals surface area contributed by atoms with Gasteiger partial charge in [-0.2, -0.15) is 0 Å². The lowest BCUT2D eigenvalue weighted by atomic mass is 9.95. The predicted molar refractivity (Wildman–Crippen MR) is 165 cm³/mol. The highest BCUT2D eigenvalue weighted by Crippen LogP contribution is 2.33. The Balaban J connectivity index is 1.71. The van der Waals surface area contributed by atoms with Crippen molar-refractivity contribution < 1.29 is 27.1 Å². The third-order valence-corrected chi connectivity index (χ3v) is 9.53. The van der Waals surface area contributed by atoms with Crippen LogP contribution in [-0.4, -0.2) is 50.4 Å². The van der Waals surface area contributed by atoms with Gasteiger partial charge in [0, 0.05) is 17.6 Å². The summed E-state index contributed by atoms with van der Waals surface area (Å²) in [5.41, 5.74) is 0.766. The van der Waals surface area contributed by atoms with E-state index in [-0.39, 0.29) is 41.4 Å². The molecule has 8 nitrogen and oxygen atoms in total. The Morgan fingerprint density at radius 1 is 1.00 bits per heavy atom. The van der Waals surface area contributed by atoms with E-state index in [1.807, 2.05) is 0 Å². The van der Waals surface area contributed by atoms with Gasteiger partial charge in [-0.1, -0.05) is 55.1 Å². The Labute approximate surface area is 257 Å². The van der Waals surface area contributed by atoms with Crippen LogP contribution in [0.1, 0.15) is 51.5 Å². The van der Waals surface area contributed by atoms with Crippen LogP contribution in [-0.2, 0) is 26.2 Å². The maximum absolute atomic E-state index is 14.1. The van der Waals surface area contributed by atoms with Crippen molar-refractivity contribution in [3.05, 3.63) is 89.2 Å². The normalized spacial score (nSPS) is 14.5. The third-order valence-electron chi connectivity index (χ3n) is 7.50. The predicted octanol–water partition coefficient (Wildman–Crippen LogP) is 5.94. The zero-order chi connectivity index (χ0) is 31.0. The molecule has 1 fully saturated rings. The first-order chi connectivity index (χ1) is 20.6. The smallest absolute Gasteiger partial charge is 0.264 e. The minimum atomic E-state index is -4.29. The summed E-state index contributed by atoms with van der Waals surface area (Å²) in [6.45, 7) is 3.02. The van der Waals surface area contributed by atoms with Crippen LogP contribution in [0.25, 0.3) is 0 Å². The van der Waals surface area contributed by atoms with E-state index in [0.717, 1.165) is 36.4 Å². The standard InChI is InChI=1S/C32H37ClFN3O5S/c1-3-42-30-12-8-7-11-29(30)37(43(40,41)28-19-15-25(33)16-20-28)22-31(38)36(21-24-13-17-26(34)18-14-24)23(2)32(39)35-27-9-5-4-6-10-27/h7-8,11-20,23,27H,3-6,9-10,21-22H2,1-2H3,(H,35,39). The van der Waals surface area contributed by atoms with Crippen molar-refractivity contribution in [2.75, 3.05) is 17.5 Å². The van der Waals surface area contributed by atoms with E-state index in [2.05, 4.69) is 5.32 Å². The minimum absolute atomic E-state index is 0.0197. The lowest BCUT2D eigenvalue weighted by Gasteiger charge is -2.33. The summed E-state index contributed by atoms with van der Waals surface area (Å²) in [5.74, 6) is -1.09. The molecule has 3 aromatic rings. The Bertz CT molecular complexity index is 1500. The van der Waals surface area contributed by atoms with Crippen molar-refractivity contribution >= 4 is 39.1 Å². The second-order valence-electron chi connectivity index (χ2n) is 10.5. The number of halogens is 2. The summed E-state index contributed by atoms with van der Waals surface area (Å²) in [5, 5.41) is 3.42. The van der Waals surface area contributed by atoms with E-state index < -0.39 is 34.3 Å². The third kappa shape index (κ3) is 8.26. The summed E-state index contributed by atoms with van der Waals surface area (Å²) in [4.78, 5) is 28.8. The number of para-hydroxylation sites is 2. The van der Waals surface area contributed by atoms with Crippen molar-refractivity contribution in [3.63, 3.8) is 0 Å². The highest BCUT2D eigenvalue weighted by molar-refractivity contribution is 7.92. The molecule has 0 spiro atoms. The van der Waals surface area contributed by atoms with E-state index in [9.17, 15) is 22.4 Å². The average molecular weight is 630 g/mol. The number of hydrogen-bond acceptors (Lipinski definition) is 5. The Kier molecular flexibility index (Phi) is 11.0. The molecule has 1 unspecified atom stereocenters. The molecule has 1 aliphatic carbocycles. The second kappa shape index (κ2) is 14.7. The van der Waals surface area contributed by atoms with Gasteiger partial charge >= 0.3 is 0 Å².